The van der Waals surface area contributed by atoms with Gasteiger partial charge >= 0.3 is 0 Å². The third kappa shape index (κ3) is 3.75. The molecule has 142 valence electrons. The van der Waals surface area contributed by atoms with Gasteiger partial charge in [0.05, 0.1) is 0 Å². The Morgan fingerprint density at radius 1 is 0.963 bits per heavy atom. The van der Waals surface area contributed by atoms with Crippen LogP contribution < -0.4 is 0 Å². The first-order chi connectivity index (χ1) is 13.1. The molecule has 27 heavy (non-hydrogen) atoms. The van der Waals surface area contributed by atoms with Crippen molar-refractivity contribution >= 4 is 17.3 Å². The number of fused-ring (bicyclic) bond motifs is 2. The van der Waals surface area contributed by atoms with Crippen molar-refractivity contribution in [3.05, 3.63) is 71.3 Å². The van der Waals surface area contributed by atoms with Gasteiger partial charge in [-0.25, -0.2) is 0 Å². The number of benzene rings is 2. The Hall–Kier alpha value is -1.51. The zero-order valence-electron chi connectivity index (χ0n) is 17.0. The third-order valence-corrected chi connectivity index (χ3v) is 7.64. The number of nitrogens with zero attached hydrogens (tertiary/aromatic N) is 1. The van der Waals surface area contributed by atoms with E-state index in [2.05, 4.69) is 99.1 Å². The van der Waals surface area contributed by atoms with E-state index in [0.717, 1.165) is 0 Å². The van der Waals surface area contributed by atoms with Crippen LogP contribution in [0.1, 0.15) is 42.9 Å². The predicted molar refractivity (Wildman–Crippen MR) is 118 cm³/mol. The zero-order chi connectivity index (χ0) is 19.0. The molecule has 2 heteroatoms. The second-order valence-corrected chi connectivity index (χ2v) is 9.62. The smallest absolute Gasteiger partial charge is 0.0296 e. The van der Waals surface area contributed by atoms with E-state index < -0.39 is 0 Å². The number of hydrogen-bond acceptors (Lipinski definition) is 2. The standard InChI is InChI=1S/C25H31NS/c1-5-6-22-23(19-11-7-17(2)8-12-19)15-20-16-24(25(22)26(20)4)27-21-13-9-18(3)10-14-21/h7-15,20,22,24-25H,5-6,16H2,1-4H3/t20-,22+,24-,25+/m1/s1. The Kier molecular flexibility index (Phi) is 5.48. The van der Waals surface area contributed by atoms with Gasteiger partial charge in [-0.3, -0.25) is 4.90 Å². The Morgan fingerprint density at radius 3 is 2.22 bits per heavy atom. The average molecular weight is 378 g/mol. The Balaban J connectivity index is 1.63. The number of hydrogen-bond donors (Lipinski definition) is 0. The summed E-state index contributed by atoms with van der Waals surface area (Å²) in [5.41, 5.74) is 5.71. The van der Waals surface area contributed by atoms with Gasteiger partial charge in [-0.15, -0.1) is 11.8 Å². The highest BCUT2D eigenvalue weighted by atomic mass is 32.2. The summed E-state index contributed by atoms with van der Waals surface area (Å²) < 4.78 is 0. The van der Waals surface area contributed by atoms with Crippen LogP contribution >= 0.6 is 11.8 Å². The molecule has 2 aliphatic rings. The normalized spacial score (nSPS) is 27.6. The van der Waals surface area contributed by atoms with Gasteiger partial charge in [0.2, 0.25) is 0 Å². The van der Waals surface area contributed by atoms with E-state index in [1.54, 1.807) is 5.57 Å². The van der Waals surface area contributed by atoms with E-state index in [-0.39, 0.29) is 0 Å². The average Bonchev–Trinajstić information content (AvgIpc) is 2.86. The number of rotatable bonds is 5. The predicted octanol–water partition coefficient (Wildman–Crippen LogP) is 6.35. The van der Waals surface area contributed by atoms with Crippen LogP contribution in [0.5, 0.6) is 0 Å². The van der Waals surface area contributed by atoms with Crippen molar-refractivity contribution in [2.75, 3.05) is 7.05 Å². The Bertz CT molecular complexity index is 805. The molecule has 2 aliphatic heterocycles. The summed E-state index contributed by atoms with van der Waals surface area (Å²) in [6.45, 7) is 6.67. The van der Waals surface area contributed by atoms with E-state index in [4.69, 9.17) is 0 Å². The second kappa shape index (κ2) is 7.85. The van der Waals surface area contributed by atoms with Crippen molar-refractivity contribution in [2.45, 2.75) is 62.3 Å². The molecule has 2 aromatic carbocycles. The maximum absolute atomic E-state index is 2.66. The quantitative estimate of drug-likeness (QED) is 0.597. The molecule has 0 amide bonds. The van der Waals surface area contributed by atoms with Crippen molar-refractivity contribution in [3.63, 3.8) is 0 Å². The first-order valence-corrected chi connectivity index (χ1v) is 11.2. The minimum atomic E-state index is 0.572. The van der Waals surface area contributed by atoms with E-state index in [0.29, 0.717) is 23.3 Å². The maximum Gasteiger partial charge on any atom is 0.0296 e. The summed E-state index contributed by atoms with van der Waals surface area (Å²) in [4.78, 5) is 4.07. The van der Waals surface area contributed by atoms with Crippen LogP contribution in [0.25, 0.3) is 5.57 Å². The molecule has 0 aromatic heterocycles. The van der Waals surface area contributed by atoms with Crippen LogP contribution in [0.4, 0.5) is 0 Å². The van der Waals surface area contributed by atoms with Gasteiger partial charge in [-0.1, -0.05) is 66.9 Å². The molecule has 2 bridgehead atoms. The SMILES string of the molecule is CCC[C@H]1C(c2ccc(C)cc2)=C[C@@H]2C[C@@H](Sc3ccc(C)cc3)[C@H]1N2C. The molecule has 0 radical (unpaired) electrons. The van der Waals surface area contributed by atoms with Gasteiger partial charge in [-0.2, -0.15) is 0 Å². The highest BCUT2D eigenvalue weighted by Gasteiger charge is 2.47. The van der Waals surface area contributed by atoms with E-state index in [1.165, 1.54) is 40.8 Å². The molecule has 1 fully saturated rings. The molecule has 0 unspecified atom stereocenters. The lowest BCUT2D eigenvalue weighted by molar-refractivity contribution is 0.213. The van der Waals surface area contributed by atoms with E-state index in [1.807, 2.05) is 0 Å². The van der Waals surface area contributed by atoms with Crippen molar-refractivity contribution in [1.29, 1.82) is 0 Å². The summed E-state index contributed by atoms with van der Waals surface area (Å²) in [7, 11) is 2.34. The molecule has 0 aliphatic carbocycles. The largest absolute Gasteiger partial charge is 0.295 e. The fourth-order valence-corrected chi connectivity index (χ4v) is 6.33. The molecule has 2 aromatic rings. The third-order valence-electron chi connectivity index (χ3n) is 6.32. The minimum Gasteiger partial charge on any atom is -0.295 e. The molecule has 2 heterocycles. The van der Waals surface area contributed by atoms with Gasteiger partial charge in [-0.05, 0) is 57.0 Å². The zero-order valence-corrected chi connectivity index (χ0v) is 17.8. The first-order valence-electron chi connectivity index (χ1n) is 10.3. The lowest BCUT2D eigenvalue weighted by Crippen LogP contribution is -2.43. The molecule has 4 rings (SSSR count). The number of aryl methyl sites for hydroxylation is 2. The van der Waals surface area contributed by atoms with Crippen LogP contribution in [-0.4, -0.2) is 29.3 Å². The summed E-state index contributed by atoms with van der Waals surface area (Å²) in [6.07, 6.45) is 6.35. The molecule has 1 saturated heterocycles. The van der Waals surface area contributed by atoms with Crippen LogP contribution in [-0.2, 0) is 0 Å². The van der Waals surface area contributed by atoms with E-state index in [9.17, 15) is 0 Å². The molecular weight excluding hydrogens is 346 g/mol. The lowest BCUT2D eigenvalue weighted by Gasteiger charge is -2.39. The second-order valence-electron chi connectivity index (χ2n) is 8.31. The van der Waals surface area contributed by atoms with Crippen molar-refractivity contribution < 1.29 is 0 Å². The summed E-state index contributed by atoms with van der Waals surface area (Å²) in [5.74, 6) is 0.629. The molecule has 1 nitrogen and oxygen atoms in total. The molecule has 4 atom stereocenters. The van der Waals surface area contributed by atoms with Crippen LogP contribution in [0.15, 0.2) is 59.5 Å². The summed E-state index contributed by atoms with van der Waals surface area (Å²) >= 11 is 2.09. The Morgan fingerprint density at radius 2 is 1.59 bits per heavy atom. The molecule has 0 saturated carbocycles. The topological polar surface area (TPSA) is 3.24 Å². The van der Waals surface area contributed by atoms with Crippen LogP contribution in [0, 0.1) is 19.8 Å². The summed E-state index contributed by atoms with van der Waals surface area (Å²) in [5, 5.41) is 0.665. The van der Waals surface area contributed by atoms with Crippen LogP contribution in [0.2, 0.25) is 0 Å². The van der Waals surface area contributed by atoms with Gasteiger partial charge < -0.3 is 0 Å². The van der Waals surface area contributed by atoms with Crippen LogP contribution in [0.3, 0.4) is 0 Å². The lowest BCUT2D eigenvalue weighted by atomic mass is 9.81. The summed E-state index contributed by atoms with van der Waals surface area (Å²) in [6, 6.07) is 19.5. The fourth-order valence-electron chi connectivity index (χ4n) is 4.87. The molecular formula is C25H31NS. The molecule has 0 N–H and O–H groups in total. The van der Waals surface area contributed by atoms with Crippen molar-refractivity contribution in [3.8, 4) is 0 Å². The van der Waals surface area contributed by atoms with Crippen molar-refractivity contribution in [2.24, 2.45) is 5.92 Å². The van der Waals surface area contributed by atoms with E-state index >= 15 is 0 Å². The highest BCUT2D eigenvalue weighted by molar-refractivity contribution is 8.00. The fraction of sp³-hybridized carbons (Fsp3) is 0.440. The molecule has 0 spiro atoms. The van der Waals surface area contributed by atoms with Gasteiger partial charge in [0, 0.05) is 28.1 Å². The minimum absolute atomic E-state index is 0.572. The van der Waals surface area contributed by atoms with Gasteiger partial charge in [0.1, 0.15) is 0 Å². The number of thioether (sulfide) groups is 1. The maximum atomic E-state index is 2.66. The first kappa shape index (κ1) is 18.8. The highest BCUT2D eigenvalue weighted by Crippen LogP contribution is 2.48. The van der Waals surface area contributed by atoms with Crippen molar-refractivity contribution in [1.82, 2.24) is 4.90 Å². The Labute approximate surface area is 168 Å². The van der Waals surface area contributed by atoms with Gasteiger partial charge in [0.15, 0.2) is 0 Å². The monoisotopic (exact) mass is 377 g/mol. The van der Waals surface area contributed by atoms with Gasteiger partial charge in [0.25, 0.3) is 0 Å². The number of likely N-dealkylation sites (N-methyl/N-ethyl adjacent to an activating group) is 1.